The number of nitrogens with zero attached hydrogens (tertiary/aromatic N) is 4. The topological polar surface area (TPSA) is 147 Å². The maximum absolute atomic E-state index is 15.0. The van der Waals surface area contributed by atoms with Gasteiger partial charge in [-0.1, -0.05) is 25.1 Å². The number of ether oxygens (including phenoxy) is 3. The van der Waals surface area contributed by atoms with E-state index in [1.807, 2.05) is 0 Å². The standard InChI is InChI=1S/C25H29FN5O7P/c1-5-14(2)38-39(33,34)17(26)11-16-19-20(37-25(3,4)36-19)24(35-16)31-13-29-18-21(27-12-28-22(18)31)30-23(32)15-9-7-6-8-10-15/h6-14,16,19-20,24H,5H2,1-4H3,(H,33,34)(H,27,28,30,32). The molecule has 0 aliphatic carbocycles. The Kier molecular flexibility index (Phi) is 7.40. The SMILES string of the molecule is CCC(C)OP(=O)(O)C(F)=CC1OC(n2cnc3c(NC(=O)c4ccccc4)ncnc32)C2OC(C)(C)OC12. The molecule has 0 spiro atoms. The second kappa shape index (κ2) is 10.5. The molecular weight excluding hydrogens is 532 g/mol. The smallest absolute Gasteiger partial charge is 0.345 e. The first-order valence-corrected chi connectivity index (χ1v) is 14.0. The number of fused-ring (bicyclic) bond motifs is 2. The molecule has 0 saturated carbocycles. The van der Waals surface area contributed by atoms with Gasteiger partial charge in [0.15, 0.2) is 29.0 Å². The van der Waals surface area contributed by atoms with E-state index in [-0.39, 0.29) is 11.7 Å². The molecule has 2 N–H and O–H groups in total. The normalized spacial score (nSPS) is 26.8. The van der Waals surface area contributed by atoms with E-state index in [2.05, 4.69) is 20.3 Å². The van der Waals surface area contributed by atoms with Gasteiger partial charge in [-0.25, -0.2) is 15.0 Å². The molecule has 1 aromatic carbocycles. The predicted octanol–water partition coefficient (Wildman–Crippen LogP) is 4.31. The first-order chi connectivity index (χ1) is 18.5. The molecule has 2 aliphatic heterocycles. The molecule has 3 aromatic rings. The number of nitrogens with one attached hydrogen (secondary N) is 1. The minimum absolute atomic E-state index is 0.192. The number of amides is 1. The van der Waals surface area contributed by atoms with Crippen LogP contribution in [0.25, 0.3) is 11.2 Å². The average Bonchev–Trinajstić information content (AvgIpc) is 3.56. The van der Waals surface area contributed by atoms with Crippen molar-refractivity contribution in [3.63, 3.8) is 0 Å². The fourth-order valence-corrected chi connectivity index (χ4v) is 5.54. The van der Waals surface area contributed by atoms with Crippen LogP contribution in [-0.4, -0.2) is 60.5 Å². The highest BCUT2D eigenvalue weighted by Crippen LogP contribution is 2.54. The Bertz CT molecular complexity index is 1450. The number of rotatable bonds is 8. The van der Waals surface area contributed by atoms with Gasteiger partial charge in [-0.2, -0.15) is 4.39 Å². The summed E-state index contributed by atoms with van der Waals surface area (Å²) in [4.78, 5) is 35.7. The summed E-state index contributed by atoms with van der Waals surface area (Å²) in [6, 6.07) is 8.64. The van der Waals surface area contributed by atoms with Gasteiger partial charge in [0.1, 0.15) is 24.6 Å². The molecule has 2 fully saturated rings. The first kappa shape index (κ1) is 27.5. The Morgan fingerprint density at radius 1 is 1.26 bits per heavy atom. The van der Waals surface area contributed by atoms with Crippen LogP contribution < -0.4 is 5.32 Å². The molecule has 0 bridgehead atoms. The lowest BCUT2D eigenvalue weighted by Crippen LogP contribution is -2.28. The Labute approximate surface area is 223 Å². The molecule has 2 aromatic heterocycles. The Morgan fingerprint density at radius 2 is 1.97 bits per heavy atom. The predicted molar refractivity (Wildman–Crippen MR) is 137 cm³/mol. The van der Waals surface area contributed by atoms with E-state index in [9.17, 15) is 18.6 Å². The molecule has 0 radical (unpaired) electrons. The van der Waals surface area contributed by atoms with E-state index in [1.54, 1.807) is 62.6 Å². The fourth-order valence-electron chi connectivity index (χ4n) is 4.46. The van der Waals surface area contributed by atoms with E-state index < -0.39 is 49.6 Å². The first-order valence-electron chi connectivity index (χ1n) is 12.4. The Balaban J connectivity index is 1.45. The van der Waals surface area contributed by atoms with Crippen LogP contribution in [0.5, 0.6) is 0 Å². The van der Waals surface area contributed by atoms with Crippen molar-refractivity contribution in [2.45, 2.75) is 70.5 Å². The number of aromatic nitrogens is 4. The second-order valence-electron chi connectivity index (χ2n) is 9.76. The van der Waals surface area contributed by atoms with Crippen molar-refractivity contribution in [2.75, 3.05) is 5.32 Å². The van der Waals surface area contributed by atoms with Crippen molar-refractivity contribution in [3.8, 4) is 0 Å². The summed E-state index contributed by atoms with van der Waals surface area (Å²) >= 11 is 0. The van der Waals surface area contributed by atoms with Gasteiger partial charge in [-0.15, -0.1) is 0 Å². The number of benzene rings is 1. The van der Waals surface area contributed by atoms with Gasteiger partial charge in [0.05, 0.1) is 12.4 Å². The molecular formula is C25H29FN5O7P. The third-order valence-electron chi connectivity index (χ3n) is 6.44. The van der Waals surface area contributed by atoms with Crippen LogP contribution in [-0.2, 0) is 23.3 Å². The van der Waals surface area contributed by atoms with Crippen molar-refractivity contribution < 1.29 is 37.4 Å². The van der Waals surface area contributed by atoms with E-state index in [0.717, 1.165) is 6.08 Å². The van der Waals surface area contributed by atoms with Gasteiger partial charge >= 0.3 is 7.60 Å². The summed E-state index contributed by atoms with van der Waals surface area (Å²) in [6.07, 6.45) is -0.105. The van der Waals surface area contributed by atoms with Gasteiger partial charge in [0.25, 0.3) is 5.91 Å². The van der Waals surface area contributed by atoms with Crippen LogP contribution in [0.3, 0.4) is 0 Å². The van der Waals surface area contributed by atoms with Crippen LogP contribution in [0.2, 0.25) is 0 Å². The zero-order valence-electron chi connectivity index (χ0n) is 21.7. The van der Waals surface area contributed by atoms with Crippen LogP contribution in [0.15, 0.2) is 54.6 Å². The van der Waals surface area contributed by atoms with Gasteiger partial charge in [-0.05, 0) is 45.4 Å². The maximum Gasteiger partial charge on any atom is 0.386 e. The van der Waals surface area contributed by atoms with Crippen molar-refractivity contribution in [3.05, 3.63) is 60.2 Å². The Morgan fingerprint density at radius 3 is 2.69 bits per heavy atom. The molecule has 4 heterocycles. The van der Waals surface area contributed by atoms with E-state index in [4.69, 9.17) is 18.7 Å². The zero-order valence-corrected chi connectivity index (χ0v) is 22.6. The molecule has 12 nitrogen and oxygen atoms in total. The van der Waals surface area contributed by atoms with Crippen molar-refractivity contribution in [1.82, 2.24) is 19.5 Å². The molecule has 5 rings (SSSR count). The minimum atomic E-state index is -4.70. The minimum Gasteiger partial charge on any atom is -0.345 e. The summed E-state index contributed by atoms with van der Waals surface area (Å²) in [5, 5.41) is 2.74. The maximum atomic E-state index is 15.0. The summed E-state index contributed by atoms with van der Waals surface area (Å²) in [5.41, 5.74) is -0.278. The fraction of sp³-hybridized carbons (Fsp3) is 0.440. The van der Waals surface area contributed by atoms with Crippen molar-refractivity contribution in [2.24, 2.45) is 0 Å². The van der Waals surface area contributed by atoms with Gasteiger partial charge < -0.3 is 28.9 Å². The summed E-state index contributed by atoms with van der Waals surface area (Å²) in [5.74, 6) is -1.21. The molecule has 2 saturated heterocycles. The quantitative estimate of drug-likeness (QED) is 0.381. The van der Waals surface area contributed by atoms with Crippen LogP contribution in [0.4, 0.5) is 10.2 Å². The monoisotopic (exact) mass is 561 g/mol. The lowest BCUT2D eigenvalue weighted by Gasteiger charge is -2.24. The number of anilines is 1. The third kappa shape index (κ3) is 5.51. The lowest BCUT2D eigenvalue weighted by atomic mass is 10.1. The molecule has 6 atom stereocenters. The molecule has 14 heteroatoms. The number of carbonyl (C=O) groups excluding carboxylic acids is 1. The summed E-state index contributed by atoms with van der Waals surface area (Å²) in [7, 11) is -4.70. The number of halogens is 1. The number of carbonyl (C=O) groups is 1. The van der Waals surface area contributed by atoms with E-state index >= 15 is 0 Å². The molecule has 6 unspecified atom stereocenters. The van der Waals surface area contributed by atoms with Crippen LogP contribution in [0, 0.1) is 0 Å². The van der Waals surface area contributed by atoms with Gasteiger partial charge in [0.2, 0.25) is 5.57 Å². The highest BCUT2D eigenvalue weighted by Gasteiger charge is 2.56. The second-order valence-corrected chi connectivity index (χ2v) is 11.4. The van der Waals surface area contributed by atoms with E-state index in [1.165, 1.54) is 12.7 Å². The molecule has 1 amide bonds. The molecule has 39 heavy (non-hydrogen) atoms. The third-order valence-corrected chi connectivity index (χ3v) is 7.77. The number of imidazole rings is 1. The highest BCUT2D eigenvalue weighted by atomic mass is 31.2. The molecule has 208 valence electrons. The van der Waals surface area contributed by atoms with Crippen molar-refractivity contribution >= 4 is 30.5 Å². The largest absolute Gasteiger partial charge is 0.386 e. The Hall–Kier alpha value is -3.06. The number of hydrogen-bond acceptors (Lipinski definition) is 9. The lowest BCUT2D eigenvalue weighted by molar-refractivity contribution is -0.191. The van der Waals surface area contributed by atoms with Crippen molar-refractivity contribution in [1.29, 1.82) is 0 Å². The van der Waals surface area contributed by atoms with Gasteiger partial charge in [0, 0.05) is 5.56 Å². The van der Waals surface area contributed by atoms with Crippen LogP contribution >= 0.6 is 7.60 Å². The van der Waals surface area contributed by atoms with Crippen LogP contribution in [0.1, 0.15) is 50.7 Å². The number of hydrogen-bond donors (Lipinski definition) is 2. The van der Waals surface area contributed by atoms with Gasteiger partial charge in [-0.3, -0.25) is 13.9 Å². The zero-order chi connectivity index (χ0) is 27.9. The molecule has 2 aliphatic rings. The van der Waals surface area contributed by atoms with E-state index in [0.29, 0.717) is 23.1 Å². The highest BCUT2D eigenvalue weighted by molar-refractivity contribution is 7.57. The summed E-state index contributed by atoms with van der Waals surface area (Å²) < 4.78 is 52.2. The average molecular weight is 562 g/mol. The summed E-state index contributed by atoms with van der Waals surface area (Å²) in [6.45, 7) is 6.74.